The SMILES string of the molecule is Cc1ccncc1-c1ccc(N)c(Cc2nc3c(-c4ccc(Cl)s4)nccc3[nH]2)n1. The Morgan fingerprint density at radius 2 is 1.97 bits per heavy atom. The van der Waals surface area contributed by atoms with E-state index in [0.717, 1.165) is 54.3 Å². The van der Waals surface area contributed by atoms with Gasteiger partial charge in [-0.3, -0.25) is 15.0 Å². The Balaban J connectivity index is 1.53. The topological polar surface area (TPSA) is 93.4 Å². The number of nitrogens with two attached hydrogens (primary N) is 1. The lowest BCUT2D eigenvalue weighted by atomic mass is 10.1. The fourth-order valence-electron chi connectivity index (χ4n) is 3.39. The quantitative estimate of drug-likeness (QED) is 0.403. The summed E-state index contributed by atoms with van der Waals surface area (Å²) in [4.78, 5) is 22.7. The Morgan fingerprint density at radius 1 is 1.07 bits per heavy atom. The van der Waals surface area contributed by atoms with Gasteiger partial charge in [-0.15, -0.1) is 11.3 Å². The molecule has 0 saturated carbocycles. The van der Waals surface area contributed by atoms with Crippen molar-refractivity contribution >= 4 is 39.7 Å². The Bertz CT molecular complexity index is 1370. The number of imidazole rings is 1. The summed E-state index contributed by atoms with van der Waals surface area (Å²) >= 11 is 7.59. The molecule has 30 heavy (non-hydrogen) atoms. The fraction of sp³-hybridized carbons (Fsp3) is 0.0909. The monoisotopic (exact) mass is 432 g/mol. The number of nitrogens with one attached hydrogen (secondary N) is 1. The van der Waals surface area contributed by atoms with Crippen molar-refractivity contribution in [2.24, 2.45) is 0 Å². The van der Waals surface area contributed by atoms with Crippen LogP contribution in [-0.4, -0.2) is 24.9 Å². The number of nitrogens with zero attached hydrogens (tertiary/aromatic N) is 4. The maximum atomic E-state index is 6.23. The molecule has 0 unspecified atom stereocenters. The first-order valence-corrected chi connectivity index (χ1v) is 10.5. The maximum absolute atomic E-state index is 6.23. The number of anilines is 1. The lowest BCUT2D eigenvalue weighted by molar-refractivity contribution is 0.990. The van der Waals surface area contributed by atoms with E-state index >= 15 is 0 Å². The zero-order valence-electron chi connectivity index (χ0n) is 16.1. The molecule has 3 N–H and O–H groups in total. The summed E-state index contributed by atoms with van der Waals surface area (Å²) in [5.74, 6) is 0.779. The van der Waals surface area contributed by atoms with Crippen LogP contribution >= 0.6 is 22.9 Å². The van der Waals surface area contributed by atoms with Gasteiger partial charge in [-0.2, -0.15) is 0 Å². The van der Waals surface area contributed by atoms with Gasteiger partial charge >= 0.3 is 0 Å². The minimum Gasteiger partial charge on any atom is -0.397 e. The van der Waals surface area contributed by atoms with Gasteiger partial charge in [0.1, 0.15) is 17.0 Å². The smallest absolute Gasteiger partial charge is 0.116 e. The van der Waals surface area contributed by atoms with Crippen LogP contribution in [0.5, 0.6) is 0 Å². The Labute approximate surface area is 181 Å². The third kappa shape index (κ3) is 3.42. The number of fused-ring (bicyclic) bond motifs is 1. The molecule has 148 valence electrons. The molecule has 0 saturated heterocycles. The van der Waals surface area contributed by atoms with E-state index in [2.05, 4.69) is 15.0 Å². The van der Waals surface area contributed by atoms with E-state index < -0.39 is 0 Å². The number of halogens is 1. The van der Waals surface area contributed by atoms with Crippen molar-refractivity contribution in [1.82, 2.24) is 24.9 Å². The van der Waals surface area contributed by atoms with Gasteiger partial charge < -0.3 is 10.7 Å². The third-order valence-electron chi connectivity index (χ3n) is 4.92. The Morgan fingerprint density at radius 3 is 2.77 bits per heavy atom. The summed E-state index contributed by atoms with van der Waals surface area (Å²) in [5, 5.41) is 0. The van der Waals surface area contributed by atoms with E-state index in [1.165, 1.54) is 11.3 Å². The van der Waals surface area contributed by atoms with Crippen molar-refractivity contribution in [3.8, 4) is 21.8 Å². The normalized spacial score (nSPS) is 11.3. The number of aromatic nitrogens is 5. The van der Waals surface area contributed by atoms with Gasteiger partial charge in [0.2, 0.25) is 0 Å². The maximum Gasteiger partial charge on any atom is 0.116 e. The molecule has 5 aromatic heterocycles. The highest BCUT2D eigenvalue weighted by atomic mass is 35.5. The fourth-order valence-corrected chi connectivity index (χ4v) is 4.43. The van der Waals surface area contributed by atoms with Gasteiger partial charge in [0.05, 0.1) is 38.2 Å². The highest BCUT2D eigenvalue weighted by Crippen LogP contribution is 2.33. The summed E-state index contributed by atoms with van der Waals surface area (Å²) in [6.07, 6.45) is 5.85. The van der Waals surface area contributed by atoms with Gasteiger partial charge in [-0.05, 0) is 48.9 Å². The van der Waals surface area contributed by atoms with Crippen LogP contribution in [0.2, 0.25) is 4.34 Å². The molecular weight excluding hydrogens is 416 g/mol. The van der Waals surface area contributed by atoms with E-state index in [0.29, 0.717) is 12.1 Å². The van der Waals surface area contributed by atoms with Gasteiger partial charge in [0.25, 0.3) is 0 Å². The van der Waals surface area contributed by atoms with Crippen LogP contribution in [0.4, 0.5) is 5.69 Å². The van der Waals surface area contributed by atoms with E-state index in [-0.39, 0.29) is 0 Å². The average molecular weight is 433 g/mol. The highest BCUT2D eigenvalue weighted by molar-refractivity contribution is 7.19. The van der Waals surface area contributed by atoms with Crippen LogP contribution in [0.3, 0.4) is 0 Å². The van der Waals surface area contributed by atoms with Crippen LogP contribution in [-0.2, 0) is 6.42 Å². The van der Waals surface area contributed by atoms with Crippen molar-refractivity contribution in [1.29, 1.82) is 0 Å². The minimum atomic E-state index is 0.484. The number of aromatic amines is 1. The van der Waals surface area contributed by atoms with Crippen molar-refractivity contribution in [2.75, 3.05) is 5.73 Å². The molecule has 5 heterocycles. The van der Waals surface area contributed by atoms with Crippen LogP contribution < -0.4 is 5.73 Å². The molecule has 0 spiro atoms. The minimum absolute atomic E-state index is 0.484. The predicted molar refractivity (Wildman–Crippen MR) is 122 cm³/mol. The molecule has 5 aromatic rings. The molecule has 0 aliphatic rings. The molecule has 0 radical (unpaired) electrons. The predicted octanol–water partition coefficient (Wildman–Crippen LogP) is 5.28. The first kappa shape index (κ1) is 18.7. The second kappa shape index (κ2) is 7.51. The standard InChI is InChI=1S/C22H17ClN6S/c1-12-6-8-25-11-13(12)15-3-2-14(24)17(27-15)10-20-28-16-7-9-26-22(21(16)29-20)18-4-5-19(23)30-18/h2-9,11H,10,24H2,1H3,(H,28,29). The number of pyridine rings is 3. The highest BCUT2D eigenvalue weighted by Gasteiger charge is 2.14. The molecule has 8 heteroatoms. The molecule has 0 aromatic carbocycles. The molecule has 0 aliphatic carbocycles. The molecule has 0 amide bonds. The summed E-state index contributed by atoms with van der Waals surface area (Å²) in [6.45, 7) is 2.04. The lowest BCUT2D eigenvalue weighted by Gasteiger charge is -2.08. The number of aryl methyl sites for hydroxylation is 1. The molecule has 0 fully saturated rings. The largest absolute Gasteiger partial charge is 0.397 e. The molecule has 6 nitrogen and oxygen atoms in total. The zero-order chi connectivity index (χ0) is 20.7. The van der Waals surface area contributed by atoms with E-state index in [9.17, 15) is 0 Å². The third-order valence-corrected chi connectivity index (χ3v) is 6.15. The molecule has 0 bridgehead atoms. The molecule has 0 aliphatic heterocycles. The second-order valence-electron chi connectivity index (χ2n) is 6.94. The van der Waals surface area contributed by atoms with Gasteiger partial charge in [-0.25, -0.2) is 4.98 Å². The van der Waals surface area contributed by atoms with Crippen molar-refractivity contribution in [3.63, 3.8) is 0 Å². The van der Waals surface area contributed by atoms with Gasteiger partial charge in [-0.1, -0.05) is 11.6 Å². The van der Waals surface area contributed by atoms with Crippen molar-refractivity contribution < 1.29 is 0 Å². The zero-order valence-corrected chi connectivity index (χ0v) is 17.6. The summed E-state index contributed by atoms with van der Waals surface area (Å²) in [6, 6.07) is 11.5. The number of nitrogen functional groups attached to an aromatic ring is 1. The summed E-state index contributed by atoms with van der Waals surface area (Å²) < 4.78 is 0.721. The molecular formula is C22H17ClN6S. The number of rotatable bonds is 4. The van der Waals surface area contributed by atoms with Gasteiger partial charge in [0, 0.05) is 24.2 Å². The molecule has 5 rings (SSSR count). The first-order chi connectivity index (χ1) is 14.6. The number of thiophene rings is 1. The molecule has 0 atom stereocenters. The summed E-state index contributed by atoms with van der Waals surface area (Å²) in [5.41, 5.74) is 13.1. The van der Waals surface area contributed by atoms with E-state index in [4.69, 9.17) is 27.3 Å². The van der Waals surface area contributed by atoms with Crippen LogP contribution in [0.25, 0.3) is 32.9 Å². The summed E-state index contributed by atoms with van der Waals surface area (Å²) in [7, 11) is 0. The number of hydrogen-bond acceptors (Lipinski definition) is 6. The van der Waals surface area contributed by atoms with Crippen molar-refractivity contribution in [2.45, 2.75) is 13.3 Å². The van der Waals surface area contributed by atoms with Gasteiger partial charge in [0.15, 0.2) is 0 Å². The Hall–Kier alpha value is -3.29. The van der Waals surface area contributed by atoms with E-state index in [1.807, 2.05) is 49.5 Å². The van der Waals surface area contributed by atoms with Crippen molar-refractivity contribution in [3.05, 3.63) is 76.4 Å². The average Bonchev–Trinajstić information content (AvgIpc) is 3.35. The van der Waals surface area contributed by atoms with Crippen LogP contribution in [0.1, 0.15) is 17.1 Å². The lowest BCUT2D eigenvalue weighted by Crippen LogP contribution is -2.02. The van der Waals surface area contributed by atoms with E-state index in [1.54, 1.807) is 12.4 Å². The van der Waals surface area contributed by atoms with Crippen LogP contribution in [0.15, 0.2) is 55.0 Å². The number of H-pyrrole nitrogens is 1. The van der Waals surface area contributed by atoms with Crippen LogP contribution in [0, 0.1) is 6.92 Å². The Kier molecular flexibility index (Phi) is 4.69. The second-order valence-corrected chi connectivity index (χ2v) is 8.66. The number of hydrogen-bond donors (Lipinski definition) is 2. The first-order valence-electron chi connectivity index (χ1n) is 9.34.